The van der Waals surface area contributed by atoms with Crippen molar-refractivity contribution in [3.05, 3.63) is 95.1 Å². The first kappa shape index (κ1) is 22.9. The van der Waals surface area contributed by atoms with E-state index in [1.165, 1.54) is 18.2 Å². The summed E-state index contributed by atoms with van der Waals surface area (Å²) in [5.41, 5.74) is 3.29. The van der Waals surface area contributed by atoms with Crippen molar-refractivity contribution in [1.82, 2.24) is 4.90 Å². The highest BCUT2D eigenvalue weighted by Crippen LogP contribution is 2.33. The summed E-state index contributed by atoms with van der Waals surface area (Å²) in [6, 6.07) is 18.9. The number of carbonyl (C=O) groups excluding carboxylic acids is 1. The van der Waals surface area contributed by atoms with Crippen LogP contribution in [0.2, 0.25) is 0 Å². The second-order valence-electron chi connectivity index (χ2n) is 8.68. The van der Waals surface area contributed by atoms with E-state index in [1.807, 2.05) is 30.3 Å². The summed E-state index contributed by atoms with van der Waals surface area (Å²) in [6.07, 6.45) is 0.667. The van der Waals surface area contributed by atoms with Gasteiger partial charge in [0.2, 0.25) is 5.91 Å². The van der Waals surface area contributed by atoms with Crippen LogP contribution in [0.4, 0.5) is 14.5 Å². The van der Waals surface area contributed by atoms with Crippen LogP contribution in [-0.4, -0.2) is 31.0 Å². The van der Waals surface area contributed by atoms with Crippen LogP contribution >= 0.6 is 0 Å². The first-order valence-corrected chi connectivity index (χ1v) is 11.1. The number of piperidine rings is 1. The van der Waals surface area contributed by atoms with Gasteiger partial charge in [0.15, 0.2) is 0 Å². The first-order valence-electron chi connectivity index (χ1n) is 11.1. The highest BCUT2D eigenvalue weighted by molar-refractivity contribution is 5.93. The third kappa shape index (κ3) is 5.76. The fourth-order valence-electron chi connectivity index (χ4n) is 4.47. The Balaban J connectivity index is 1.55. The van der Waals surface area contributed by atoms with E-state index in [2.05, 4.69) is 10.2 Å². The quantitative estimate of drug-likeness (QED) is 0.537. The number of rotatable bonds is 6. The normalized spacial score (nSPS) is 18.7. The molecule has 0 bridgehead atoms. The molecule has 1 heterocycles. The molecule has 1 fully saturated rings. The molecule has 0 aliphatic carbocycles. The topological polar surface area (TPSA) is 41.6 Å². The number of ether oxygens (including phenoxy) is 1. The number of benzene rings is 3. The van der Waals surface area contributed by atoms with Crippen molar-refractivity contribution in [2.75, 3.05) is 25.5 Å². The monoisotopic (exact) mass is 450 g/mol. The number of likely N-dealkylation sites (tertiary alicyclic amines) is 1. The van der Waals surface area contributed by atoms with E-state index in [0.717, 1.165) is 17.7 Å². The summed E-state index contributed by atoms with van der Waals surface area (Å²) in [5.74, 6) is -0.0529. The Morgan fingerprint density at radius 2 is 1.85 bits per heavy atom. The fourth-order valence-corrected chi connectivity index (χ4v) is 4.47. The molecule has 3 aromatic carbocycles. The highest BCUT2D eigenvalue weighted by Gasteiger charge is 2.32. The largest absolute Gasteiger partial charge is 0.497 e. The molecule has 6 heteroatoms. The zero-order valence-corrected chi connectivity index (χ0v) is 18.9. The Labute approximate surface area is 193 Å². The lowest BCUT2D eigenvalue weighted by molar-refractivity contribution is -0.121. The van der Waals surface area contributed by atoms with Crippen LogP contribution in [0.5, 0.6) is 5.75 Å². The summed E-state index contributed by atoms with van der Waals surface area (Å²) >= 11 is 0. The molecule has 1 saturated heterocycles. The minimum atomic E-state index is -0.271. The molecule has 4 rings (SSSR count). The molecule has 0 radical (unpaired) electrons. The van der Waals surface area contributed by atoms with E-state index >= 15 is 0 Å². The summed E-state index contributed by atoms with van der Waals surface area (Å²) in [4.78, 5) is 15.4. The smallest absolute Gasteiger partial charge is 0.228 e. The Hall–Kier alpha value is -3.25. The van der Waals surface area contributed by atoms with Gasteiger partial charge in [0.25, 0.3) is 0 Å². The summed E-state index contributed by atoms with van der Waals surface area (Å²) in [6.45, 7) is 3.69. The van der Waals surface area contributed by atoms with Gasteiger partial charge >= 0.3 is 0 Å². The molecule has 2 unspecified atom stereocenters. The van der Waals surface area contributed by atoms with Crippen LogP contribution in [-0.2, 0) is 11.3 Å². The average Bonchev–Trinajstić information content (AvgIpc) is 2.82. The number of hydrogen-bond donors (Lipinski definition) is 1. The lowest BCUT2D eigenvalue weighted by Crippen LogP contribution is -2.43. The SMILES string of the molecule is COc1cccc(NC(=O)C2CC(c3ccc(F)c(C)c3)CN(Cc3ccc(F)cc3)C2)c1. The van der Waals surface area contributed by atoms with E-state index < -0.39 is 0 Å². The van der Waals surface area contributed by atoms with Gasteiger partial charge in [0.1, 0.15) is 17.4 Å². The van der Waals surface area contributed by atoms with Crippen molar-refractivity contribution in [1.29, 1.82) is 0 Å². The molecule has 1 aliphatic rings. The average molecular weight is 451 g/mol. The highest BCUT2D eigenvalue weighted by atomic mass is 19.1. The van der Waals surface area contributed by atoms with Crippen LogP contribution in [0.3, 0.4) is 0 Å². The third-order valence-corrected chi connectivity index (χ3v) is 6.21. The summed E-state index contributed by atoms with van der Waals surface area (Å²) in [5, 5.41) is 3.02. The minimum absolute atomic E-state index is 0.0594. The first-order chi connectivity index (χ1) is 15.9. The van der Waals surface area contributed by atoms with Gasteiger partial charge in [-0.2, -0.15) is 0 Å². The van der Waals surface area contributed by atoms with Gasteiger partial charge in [-0.3, -0.25) is 9.69 Å². The Kier molecular flexibility index (Phi) is 7.04. The second-order valence-corrected chi connectivity index (χ2v) is 8.68. The maximum absolute atomic E-state index is 13.9. The molecule has 1 N–H and O–H groups in total. The zero-order chi connectivity index (χ0) is 23.4. The van der Waals surface area contributed by atoms with Gasteiger partial charge in [-0.25, -0.2) is 8.78 Å². The zero-order valence-electron chi connectivity index (χ0n) is 18.9. The van der Waals surface area contributed by atoms with Crippen molar-refractivity contribution < 1.29 is 18.3 Å². The van der Waals surface area contributed by atoms with Crippen molar-refractivity contribution in [2.45, 2.75) is 25.8 Å². The molecule has 3 aromatic rings. The molecule has 4 nitrogen and oxygen atoms in total. The molecule has 2 atom stereocenters. The van der Waals surface area contributed by atoms with Crippen molar-refractivity contribution in [3.63, 3.8) is 0 Å². The fraction of sp³-hybridized carbons (Fsp3) is 0.296. The van der Waals surface area contributed by atoms with E-state index in [1.54, 1.807) is 32.2 Å². The molecule has 0 aromatic heterocycles. The molecule has 1 amide bonds. The van der Waals surface area contributed by atoms with E-state index in [-0.39, 0.29) is 29.4 Å². The maximum atomic E-state index is 13.9. The molecule has 33 heavy (non-hydrogen) atoms. The lowest BCUT2D eigenvalue weighted by atomic mass is 9.83. The Bertz CT molecular complexity index is 1120. The number of amides is 1. The molecule has 0 saturated carbocycles. The lowest BCUT2D eigenvalue weighted by Gasteiger charge is -2.37. The van der Waals surface area contributed by atoms with Gasteiger partial charge in [-0.05, 0) is 66.3 Å². The number of aryl methyl sites for hydroxylation is 1. The van der Waals surface area contributed by atoms with Gasteiger partial charge in [-0.15, -0.1) is 0 Å². The number of anilines is 1. The minimum Gasteiger partial charge on any atom is -0.497 e. The van der Waals surface area contributed by atoms with Crippen molar-refractivity contribution in [2.24, 2.45) is 5.92 Å². The van der Waals surface area contributed by atoms with E-state index in [4.69, 9.17) is 4.74 Å². The number of halogens is 2. The second kappa shape index (κ2) is 10.1. The van der Waals surface area contributed by atoms with Gasteiger partial charge in [-0.1, -0.05) is 30.3 Å². The molecule has 1 aliphatic heterocycles. The number of nitrogens with one attached hydrogen (secondary N) is 1. The van der Waals surface area contributed by atoms with Crippen LogP contribution < -0.4 is 10.1 Å². The van der Waals surface area contributed by atoms with Crippen LogP contribution in [0.15, 0.2) is 66.7 Å². The maximum Gasteiger partial charge on any atom is 0.228 e. The number of carbonyl (C=O) groups is 1. The predicted molar refractivity (Wildman–Crippen MR) is 125 cm³/mol. The van der Waals surface area contributed by atoms with E-state index in [0.29, 0.717) is 36.5 Å². The number of hydrogen-bond acceptors (Lipinski definition) is 3. The Morgan fingerprint density at radius 3 is 2.58 bits per heavy atom. The van der Waals surface area contributed by atoms with Gasteiger partial charge < -0.3 is 10.1 Å². The number of methoxy groups -OCH3 is 1. The van der Waals surface area contributed by atoms with Crippen LogP contribution in [0.1, 0.15) is 29.0 Å². The van der Waals surface area contributed by atoms with Crippen LogP contribution in [0, 0.1) is 24.5 Å². The number of nitrogens with zero attached hydrogens (tertiary/aromatic N) is 1. The summed E-state index contributed by atoms with van der Waals surface area (Å²) < 4.78 is 32.5. The van der Waals surface area contributed by atoms with Gasteiger partial charge in [0, 0.05) is 31.4 Å². The molecular weight excluding hydrogens is 422 g/mol. The molecule has 0 spiro atoms. The predicted octanol–water partition coefficient (Wildman–Crippen LogP) is 5.53. The van der Waals surface area contributed by atoms with Crippen molar-refractivity contribution >= 4 is 11.6 Å². The van der Waals surface area contributed by atoms with Gasteiger partial charge in [0.05, 0.1) is 13.0 Å². The standard InChI is InChI=1S/C27H28F2N2O2/c1-18-12-20(8-11-26(18)29)21-13-22(27(32)30-24-4-3-5-25(14-24)33-2)17-31(16-21)15-19-6-9-23(28)10-7-19/h3-12,14,21-22H,13,15-17H2,1-2H3,(H,30,32). The Morgan fingerprint density at radius 1 is 1.06 bits per heavy atom. The summed E-state index contributed by atoms with van der Waals surface area (Å²) in [7, 11) is 1.59. The third-order valence-electron chi connectivity index (χ3n) is 6.21. The molecule has 172 valence electrons. The van der Waals surface area contributed by atoms with E-state index in [9.17, 15) is 13.6 Å². The van der Waals surface area contributed by atoms with Crippen LogP contribution in [0.25, 0.3) is 0 Å². The molecular formula is C27H28F2N2O2. The van der Waals surface area contributed by atoms with Crippen molar-refractivity contribution in [3.8, 4) is 5.75 Å².